The minimum atomic E-state index is -0.533. The molecule has 3 aromatic rings. The number of nitrogens with zero attached hydrogens (tertiary/aromatic N) is 3. The van der Waals surface area contributed by atoms with Crippen molar-refractivity contribution in [2.75, 3.05) is 5.43 Å². The van der Waals surface area contributed by atoms with Gasteiger partial charge in [0.05, 0.1) is 16.7 Å². The molecule has 0 bridgehead atoms. The van der Waals surface area contributed by atoms with Crippen LogP contribution in [0.1, 0.15) is 15.9 Å². The van der Waals surface area contributed by atoms with Gasteiger partial charge in [-0.15, -0.1) is 0 Å². The molecule has 1 N–H and O–H groups in total. The van der Waals surface area contributed by atoms with Crippen LogP contribution in [0, 0.1) is 10.1 Å². The molecule has 0 amide bonds. The van der Waals surface area contributed by atoms with Crippen molar-refractivity contribution in [1.29, 1.82) is 0 Å². The van der Waals surface area contributed by atoms with Crippen LogP contribution < -0.4 is 10.2 Å². The second kappa shape index (κ2) is 8.87. The molecular weight excluding hydrogens is 428 g/mol. The number of nitro groups is 1. The minimum absolute atomic E-state index is 0.114. The smallest absolute Gasteiger partial charge is 0.343 e. The zero-order chi connectivity index (χ0) is 19.9. The van der Waals surface area contributed by atoms with Gasteiger partial charge in [-0.05, 0) is 36.4 Å². The van der Waals surface area contributed by atoms with Gasteiger partial charge in [0.2, 0.25) is 0 Å². The normalized spacial score (nSPS) is 10.6. The maximum Gasteiger partial charge on any atom is 0.343 e. The number of nitrogens with one attached hydrogen (secondary N) is 1. The van der Waals surface area contributed by atoms with Crippen molar-refractivity contribution in [2.45, 2.75) is 0 Å². The van der Waals surface area contributed by atoms with Crippen molar-refractivity contribution in [3.05, 3.63) is 92.6 Å². The Labute approximate surface area is 168 Å². The summed E-state index contributed by atoms with van der Waals surface area (Å²) in [6.45, 7) is 0. The number of anilines is 1. The molecular formula is C19H13BrN4O4. The molecule has 0 fully saturated rings. The fraction of sp³-hybridized carbons (Fsp3) is 0. The number of hydrogen-bond donors (Lipinski definition) is 1. The maximum atomic E-state index is 12.3. The summed E-state index contributed by atoms with van der Waals surface area (Å²) < 4.78 is 6.24. The van der Waals surface area contributed by atoms with Gasteiger partial charge in [-0.25, -0.2) is 9.78 Å². The summed E-state index contributed by atoms with van der Waals surface area (Å²) in [4.78, 5) is 26.3. The van der Waals surface area contributed by atoms with Crippen molar-refractivity contribution in [3.8, 4) is 5.75 Å². The van der Waals surface area contributed by atoms with E-state index in [-0.39, 0.29) is 5.69 Å². The van der Waals surface area contributed by atoms with Crippen LogP contribution in [0.25, 0.3) is 0 Å². The number of ether oxygens (including phenoxy) is 1. The molecule has 28 heavy (non-hydrogen) atoms. The highest BCUT2D eigenvalue weighted by atomic mass is 79.9. The highest BCUT2D eigenvalue weighted by Gasteiger charge is 2.11. The summed E-state index contributed by atoms with van der Waals surface area (Å²) in [5.41, 5.74) is 3.54. The number of hydrazone groups is 1. The SMILES string of the molecule is O=C(Oc1ccc(Br)cc1/C=N\Nc1ccc([N+](=O)[O-])cn1)c1ccccc1. The van der Waals surface area contributed by atoms with Crippen LogP contribution in [0.5, 0.6) is 5.75 Å². The third-order valence-electron chi connectivity index (χ3n) is 3.53. The topological polar surface area (TPSA) is 107 Å². The summed E-state index contributed by atoms with van der Waals surface area (Å²) in [7, 11) is 0. The zero-order valence-corrected chi connectivity index (χ0v) is 15.9. The molecule has 0 saturated heterocycles. The average molecular weight is 441 g/mol. The summed E-state index contributed by atoms with van der Waals surface area (Å²) in [5.74, 6) is 0.182. The Morgan fingerprint density at radius 1 is 1.18 bits per heavy atom. The number of carbonyl (C=O) groups is 1. The second-order valence-corrected chi connectivity index (χ2v) is 6.38. The molecule has 0 radical (unpaired) electrons. The van der Waals surface area contributed by atoms with Gasteiger partial charge >= 0.3 is 5.97 Å². The second-order valence-electron chi connectivity index (χ2n) is 5.47. The van der Waals surface area contributed by atoms with Gasteiger partial charge in [0.25, 0.3) is 5.69 Å². The number of aromatic nitrogens is 1. The lowest BCUT2D eigenvalue weighted by molar-refractivity contribution is -0.385. The molecule has 9 heteroatoms. The monoisotopic (exact) mass is 440 g/mol. The minimum Gasteiger partial charge on any atom is -0.422 e. The Morgan fingerprint density at radius 3 is 2.64 bits per heavy atom. The molecule has 1 aromatic heterocycles. The number of rotatable bonds is 6. The summed E-state index contributed by atoms with van der Waals surface area (Å²) in [5, 5.41) is 14.7. The van der Waals surface area contributed by atoms with E-state index in [0.29, 0.717) is 22.7 Å². The van der Waals surface area contributed by atoms with E-state index in [1.165, 1.54) is 18.3 Å². The van der Waals surface area contributed by atoms with Crippen molar-refractivity contribution < 1.29 is 14.5 Å². The highest BCUT2D eigenvalue weighted by molar-refractivity contribution is 9.10. The quantitative estimate of drug-likeness (QED) is 0.200. The van der Waals surface area contributed by atoms with Crippen LogP contribution in [0.15, 0.2) is 76.4 Å². The van der Waals surface area contributed by atoms with E-state index < -0.39 is 10.9 Å². The van der Waals surface area contributed by atoms with Crippen molar-refractivity contribution in [1.82, 2.24) is 4.98 Å². The first-order chi connectivity index (χ1) is 13.5. The standard InChI is InChI=1S/C19H13BrN4O4/c20-15-6-8-17(28-19(25)13-4-2-1-3-5-13)14(10-15)11-22-23-18-9-7-16(12-21-18)24(26)27/h1-12H,(H,21,23)/b22-11-. The van der Waals surface area contributed by atoms with Gasteiger partial charge in [0.1, 0.15) is 17.8 Å². The summed E-state index contributed by atoms with van der Waals surface area (Å²) in [6.07, 6.45) is 2.59. The molecule has 0 spiro atoms. The molecule has 140 valence electrons. The largest absolute Gasteiger partial charge is 0.422 e. The number of carbonyl (C=O) groups excluding carboxylic acids is 1. The highest BCUT2D eigenvalue weighted by Crippen LogP contribution is 2.23. The van der Waals surface area contributed by atoms with Crippen LogP contribution in [0.4, 0.5) is 11.5 Å². The third-order valence-corrected chi connectivity index (χ3v) is 4.02. The lowest BCUT2D eigenvalue weighted by atomic mass is 10.2. The molecule has 2 aromatic carbocycles. The Bertz CT molecular complexity index is 1020. The first-order valence-electron chi connectivity index (χ1n) is 7.99. The Hall–Kier alpha value is -3.59. The number of pyridine rings is 1. The molecule has 8 nitrogen and oxygen atoms in total. The van der Waals surface area contributed by atoms with Gasteiger partial charge in [0, 0.05) is 16.1 Å². The van der Waals surface area contributed by atoms with E-state index in [4.69, 9.17) is 4.74 Å². The van der Waals surface area contributed by atoms with E-state index in [1.807, 2.05) is 6.07 Å². The number of halogens is 1. The van der Waals surface area contributed by atoms with Crippen LogP contribution >= 0.6 is 15.9 Å². The zero-order valence-electron chi connectivity index (χ0n) is 14.3. The van der Waals surface area contributed by atoms with Gasteiger partial charge < -0.3 is 4.74 Å². The number of hydrogen-bond acceptors (Lipinski definition) is 7. The van der Waals surface area contributed by atoms with Crippen molar-refractivity contribution in [3.63, 3.8) is 0 Å². The number of esters is 1. The fourth-order valence-electron chi connectivity index (χ4n) is 2.17. The van der Waals surface area contributed by atoms with Crippen molar-refractivity contribution in [2.24, 2.45) is 5.10 Å². The van der Waals surface area contributed by atoms with Gasteiger partial charge in [-0.3, -0.25) is 15.5 Å². The molecule has 0 saturated carbocycles. The average Bonchev–Trinajstić information content (AvgIpc) is 2.71. The van der Waals surface area contributed by atoms with Crippen molar-refractivity contribution >= 4 is 39.6 Å². The van der Waals surface area contributed by atoms with E-state index in [2.05, 4.69) is 31.4 Å². The molecule has 0 aliphatic heterocycles. The molecule has 0 aliphatic rings. The van der Waals surface area contributed by atoms with Gasteiger partial charge in [-0.2, -0.15) is 5.10 Å². The summed E-state index contributed by atoms with van der Waals surface area (Å²) in [6, 6.07) is 16.5. The predicted octanol–water partition coefficient (Wildman–Crippen LogP) is 4.42. The molecule has 3 rings (SSSR count). The third kappa shape index (κ3) is 4.98. The van der Waals surface area contributed by atoms with Crippen LogP contribution in [0.2, 0.25) is 0 Å². The lowest BCUT2D eigenvalue weighted by Gasteiger charge is -2.08. The van der Waals surface area contributed by atoms with Crippen LogP contribution in [0.3, 0.4) is 0 Å². The Morgan fingerprint density at radius 2 is 1.96 bits per heavy atom. The molecule has 1 heterocycles. The number of benzene rings is 2. The first-order valence-corrected chi connectivity index (χ1v) is 8.78. The van der Waals surface area contributed by atoms with Gasteiger partial charge in [-0.1, -0.05) is 34.1 Å². The Kier molecular flexibility index (Phi) is 6.07. The summed E-state index contributed by atoms with van der Waals surface area (Å²) >= 11 is 3.37. The maximum absolute atomic E-state index is 12.3. The van der Waals surface area contributed by atoms with Crippen LogP contribution in [-0.2, 0) is 0 Å². The molecule has 0 atom stereocenters. The van der Waals surface area contributed by atoms with Crippen LogP contribution in [-0.4, -0.2) is 22.1 Å². The fourth-order valence-corrected chi connectivity index (χ4v) is 2.55. The van der Waals surface area contributed by atoms with E-state index in [0.717, 1.165) is 10.7 Å². The first kappa shape index (κ1) is 19.2. The predicted molar refractivity (Wildman–Crippen MR) is 108 cm³/mol. The lowest BCUT2D eigenvalue weighted by Crippen LogP contribution is -2.09. The van der Waals surface area contributed by atoms with Gasteiger partial charge in [0.15, 0.2) is 0 Å². The molecule has 0 unspecified atom stereocenters. The van der Waals surface area contributed by atoms with E-state index in [9.17, 15) is 14.9 Å². The van der Waals surface area contributed by atoms with E-state index >= 15 is 0 Å². The molecule has 0 aliphatic carbocycles. The Balaban J connectivity index is 1.74. The van der Waals surface area contributed by atoms with E-state index in [1.54, 1.807) is 42.5 Å².